The Kier molecular flexibility index (Phi) is 5.77. The second kappa shape index (κ2) is 7.58. The lowest BCUT2D eigenvalue weighted by atomic mass is 9.92. The number of sulfone groups is 2. The molecule has 0 aromatic heterocycles. The van der Waals surface area contributed by atoms with E-state index in [4.69, 9.17) is 0 Å². The molecule has 6 nitrogen and oxygen atoms in total. The molecule has 0 bridgehead atoms. The lowest BCUT2D eigenvalue weighted by molar-refractivity contribution is 0.388. The number of likely N-dealkylation sites (N-methyl/N-ethyl adjacent to an activating group) is 1. The zero-order valence-corrected chi connectivity index (χ0v) is 17.1. The van der Waals surface area contributed by atoms with Crippen LogP contribution < -0.4 is 5.32 Å². The highest BCUT2D eigenvalue weighted by Gasteiger charge is 2.45. The summed E-state index contributed by atoms with van der Waals surface area (Å²) < 4.78 is 50.7. The summed E-state index contributed by atoms with van der Waals surface area (Å²) in [6, 6.07) is 4.77. The standard InChI is InChI=1S/C18H28N2O4S2/c1-20(2)10-9-19-17-12-25(21,22)13-18(17)26(23,24)16-8-7-14-5-3-4-6-15(14)11-16/h7-8,11,17-19H,3-6,9-10,12-13H2,1-2H3/t17-,18-/m0/s1. The van der Waals surface area contributed by atoms with Crippen LogP contribution in [0, 0.1) is 0 Å². The van der Waals surface area contributed by atoms with E-state index in [2.05, 4.69) is 5.32 Å². The van der Waals surface area contributed by atoms with Crippen molar-refractivity contribution in [1.82, 2.24) is 10.2 Å². The Morgan fingerprint density at radius 1 is 1.12 bits per heavy atom. The summed E-state index contributed by atoms with van der Waals surface area (Å²) in [5, 5.41) is 2.24. The lowest BCUT2D eigenvalue weighted by Gasteiger charge is -2.22. The fourth-order valence-electron chi connectivity index (χ4n) is 3.85. The largest absolute Gasteiger partial charge is 0.310 e. The van der Waals surface area contributed by atoms with Gasteiger partial charge in [0.2, 0.25) is 0 Å². The highest BCUT2D eigenvalue weighted by Crippen LogP contribution is 2.29. The molecular weight excluding hydrogens is 372 g/mol. The van der Waals surface area contributed by atoms with Gasteiger partial charge in [0.25, 0.3) is 0 Å². The van der Waals surface area contributed by atoms with Crippen LogP contribution in [-0.4, -0.2) is 71.7 Å². The van der Waals surface area contributed by atoms with Crippen LogP contribution >= 0.6 is 0 Å². The zero-order valence-electron chi connectivity index (χ0n) is 15.4. The van der Waals surface area contributed by atoms with Gasteiger partial charge in [0, 0.05) is 19.1 Å². The summed E-state index contributed by atoms with van der Waals surface area (Å²) in [5.74, 6) is -0.415. The van der Waals surface area contributed by atoms with Crippen molar-refractivity contribution in [3.05, 3.63) is 29.3 Å². The molecule has 0 amide bonds. The molecule has 8 heteroatoms. The Bertz CT molecular complexity index is 863. The third kappa shape index (κ3) is 4.30. The van der Waals surface area contributed by atoms with Crippen LogP contribution in [0.4, 0.5) is 0 Å². The van der Waals surface area contributed by atoms with Gasteiger partial charge in [-0.15, -0.1) is 0 Å². The zero-order chi connectivity index (χ0) is 18.9. The number of aryl methyl sites for hydroxylation is 2. The first-order valence-corrected chi connectivity index (χ1v) is 12.5. The number of rotatable bonds is 6. The Labute approximate surface area is 156 Å². The van der Waals surface area contributed by atoms with Gasteiger partial charge in [-0.2, -0.15) is 0 Å². The molecule has 1 heterocycles. The van der Waals surface area contributed by atoms with Crippen molar-refractivity contribution in [3.63, 3.8) is 0 Å². The Balaban J connectivity index is 1.86. The van der Waals surface area contributed by atoms with E-state index in [1.165, 1.54) is 5.56 Å². The molecule has 3 rings (SSSR count). The minimum Gasteiger partial charge on any atom is -0.310 e. The Morgan fingerprint density at radius 2 is 1.81 bits per heavy atom. The molecule has 0 radical (unpaired) electrons. The third-order valence-corrected chi connectivity index (χ3v) is 9.46. The van der Waals surface area contributed by atoms with E-state index in [-0.39, 0.29) is 16.4 Å². The van der Waals surface area contributed by atoms with E-state index in [0.29, 0.717) is 6.54 Å². The average molecular weight is 401 g/mol. The van der Waals surface area contributed by atoms with Crippen molar-refractivity contribution < 1.29 is 16.8 Å². The normalized spacial score (nSPS) is 25.3. The van der Waals surface area contributed by atoms with Crippen molar-refractivity contribution in [2.75, 3.05) is 38.7 Å². The number of nitrogens with zero attached hydrogens (tertiary/aromatic N) is 1. The SMILES string of the molecule is CN(C)CCN[C@H]1CS(=O)(=O)C[C@@H]1S(=O)(=O)c1ccc2c(c1)CCCC2. The van der Waals surface area contributed by atoms with Crippen LogP contribution in [0.15, 0.2) is 23.1 Å². The van der Waals surface area contributed by atoms with Crippen LogP contribution in [0.5, 0.6) is 0 Å². The predicted octanol–water partition coefficient (Wildman–Crippen LogP) is 0.656. The second-order valence-electron chi connectivity index (χ2n) is 7.66. The summed E-state index contributed by atoms with van der Waals surface area (Å²) in [6.07, 6.45) is 4.09. The minimum atomic E-state index is -3.70. The van der Waals surface area contributed by atoms with Gasteiger partial charge in [-0.25, -0.2) is 16.8 Å². The number of fused-ring (bicyclic) bond motifs is 1. The lowest BCUT2D eigenvalue weighted by Crippen LogP contribution is -2.45. The number of hydrogen-bond donors (Lipinski definition) is 1. The number of benzene rings is 1. The van der Waals surface area contributed by atoms with Gasteiger partial charge in [0.05, 0.1) is 21.7 Å². The number of nitrogens with one attached hydrogen (secondary N) is 1. The monoisotopic (exact) mass is 400 g/mol. The van der Waals surface area contributed by atoms with E-state index in [9.17, 15) is 16.8 Å². The highest BCUT2D eigenvalue weighted by atomic mass is 32.2. The third-order valence-electron chi connectivity index (χ3n) is 5.31. The van der Waals surface area contributed by atoms with Crippen LogP contribution in [0.2, 0.25) is 0 Å². The molecule has 0 unspecified atom stereocenters. The van der Waals surface area contributed by atoms with Crippen molar-refractivity contribution in [2.45, 2.75) is 41.9 Å². The summed E-state index contributed by atoms with van der Waals surface area (Å²) in [5.41, 5.74) is 2.31. The topological polar surface area (TPSA) is 83.6 Å². The summed E-state index contributed by atoms with van der Waals surface area (Å²) in [4.78, 5) is 2.24. The molecule has 1 aromatic rings. The maximum atomic E-state index is 13.2. The first kappa shape index (κ1) is 19.8. The first-order valence-electron chi connectivity index (χ1n) is 9.13. The molecule has 1 aromatic carbocycles. The van der Waals surface area contributed by atoms with Gasteiger partial charge >= 0.3 is 0 Å². The van der Waals surface area contributed by atoms with E-state index in [0.717, 1.165) is 37.8 Å². The molecule has 1 saturated heterocycles. The van der Waals surface area contributed by atoms with E-state index in [1.807, 2.05) is 25.1 Å². The van der Waals surface area contributed by atoms with Crippen molar-refractivity contribution in [1.29, 1.82) is 0 Å². The maximum Gasteiger partial charge on any atom is 0.183 e. The molecule has 0 spiro atoms. The summed E-state index contributed by atoms with van der Waals surface area (Å²) in [7, 11) is -3.21. The second-order valence-corrected chi connectivity index (χ2v) is 12.0. The molecular formula is C18H28N2O4S2. The van der Waals surface area contributed by atoms with Crippen molar-refractivity contribution >= 4 is 19.7 Å². The Morgan fingerprint density at radius 3 is 2.50 bits per heavy atom. The van der Waals surface area contributed by atoms with Gasteiger partial charge in [0.15, 0.2) is 19.7 Å². The predicted molar refractivity (Wildman–Crippen MR) is 103 cm³/mol. The summed E-state index contributed by atoms with van der Waals surface area (Å²) >= 11 is 0. The van der Waals surface area contributed by atoms with Gasteiger partial charge in [-0.1, -0.05) is 6.07 Å². The average Bonchev–Trinajstić information content (AvgIpc) is 2.89. The van der Waals surface area contributed by atoms with E-state index < -0.39 is 31.0 Å². The molecule has 1 fully saturated rings. The molecule has 2 atom stereocenters. The van der Waals surface area contributed by atoms with Gasteiger partial charge in [-0.3, -0.25) is 0 Å². The van der Waals surface area contributed by atoms with Crippen LogP contribution in [0.25, 0.3) is 0 Å². The van der Waals surface area contributed by atoms with Gasteiger partial charge in [-0.05, 0) is 63.0 Å². The fourth-order valence-corrected chi connectivity index (χ4v) is 8.61. The number of hydrogen-bond acceptors (Lipinski definition) is 6. The highest BCUT2D eigenvalue weighted by molar-refractivity contribution is 7.96. The summed E-state index contributed by atoms with van der Waals surface area (Å²) in [6.45, 7) is 1.28. The van der Waals surface area contributed by atoms with Crippen LogP contribution in [0.1, 0.15) is 24.0 Å². The Hall–Kier alpha value is -0.960. The van der Waals surface area contributed by atoms with Gasteiger partial charge < -0.3 is 10.2 Å². The molecule has 146 valence electrons. The minimum absolute atomic E-state index is 0.116. The van der Waals surface area contributed by atoms with Crippen LogP contribution in [-0.2, 0) is 32.5 Å². The molecule has 1 aliphatic carbocycles. The fraction of sp³-hybridized carbons (Fsp3) is 0.667. The van der Waals surface area contributed by atoms with Gasteiger partial charge in [0.1, 0.15) is 0 Å². The van der Waals surface area contributed by atoms with E-state index in [1.54, 1.807) is 12.1 Å². The molecule has 2 aliphatic rings. The smallest absolute Gasteiger partial charge is 0.183 e. The van der Waals surface area contributed by atoms with Crippen LogP contribution in [0.3, 0.4) is 0 Å². The van der Waals surface area contributed by atoms with Crippen molar-refractivity contribution in [2.24, 2.45) is 0 Å². The first-order chi connectivity index (χ1) is 12.2. The molecule has 1 N–H and O–H groups in total. The van der Waals surface area contributed by atoms with E-state index >= 15 is 0 Å². The maximum absolute atomic E-state index is 13.2. The molecule has 1 aliphatic heterocycles. The molecule has 26 heavy (non-hydrogen) atoms. The quantitative estimate of drug-likeness (QED) is 0.755. The van der Waals surface area contributed by atoms with Crippen molar-refractivity contribution in [3.8, 4) is 0 Å². The molecule has 0 saturated carbocycles.